The van der Waals surface area contributed by atoms with E-state index in [0.29, 0.717) is 6.54 Å². The molecule has 2 aromatic rings. The van der Waals surface area contributed by atoms with Crippen LogP contribution in [0, 0.1) is 0 Å². The SMILES string of the molecule is CN(C)[C@]1(c2ccccc2)CCN(Cc2nc3c(s2)CCCC3)C[C@H]1O.O=CO. The van der Waals surface area contributed by atoms with E-state index in [-0.39, 0.29) is 12.0 Å². The van der Waals surface area contributed by atoms with Crippen molar-refractivity contribution in [1.82, 2.24) is 14.8 Å². The van der Waals surface area contributed by atoms with Crippen molar-refractivity contribution in [1.29, 1.82) is 0 Å². The minimum Gasteiger partial charge on any atom is -0.483 e. The lowest BCUT2D eigenvalue weighted by Gasteiger charge is -2.49. The number of aliphatic hydroxyl groups excluding tert-OH is 1. The molecular formula is C22H31N3O3S. The van der Waals surface area contributed by atoms with E-state index in [1.165, 1.54) is 40.4 Å². The number of piperidine rings is 1. The fourth-order valence-corrected chi connectivity index (χ4v) is 5.83. The van der Waals surface area contributed by atoms with Crippen molar-refractivity contribution in [2.24, 2.45) is 0 Å². The summed E-state index contributed by atoms with van der Waals surface area (Å²) in [6, 6.07) is 10.5. The molecule has 1 aromatic heterocycles. The zero-order valence-electron chi connectivity index (χ0n) is 17.3. The number of thiazole rings is 1. The fourth-order valence-electron chi connectivity index (χ4n) is 4.63. The van der Waals surface area contributed by atoms with Crippen molar-refractivity contribution in [3.05, 3.63) is 51.5 Å². The second-order valence-corrected chi connectivity index (χ2v) is 9.14. The van der Waals surface area contributed by atoms with Crippen LogP contribution in [0.5, 0.6) is 0 Å². The summed E-state index contributed by atoms with van der Waals surface area (Å²) in [6.07, 6.45) is 5.44. The van der Waals surface area contributed by atoms with E-state index >= 15 is 0 Å². The standard InChI is InChI=1S/C21H29N3OS.CH2O2/c1-23(2)21(16-8-4-3-5-9-16)12-13-24(14-19(21)25)15-20-22-17-10-6-7-11-18(17)26-20;2-1-3/h3-5,8-9,19,25H,6-7,10-15H2,1-2H3;1H,(H,2,3)/t19-,21+;/m1./s1. The number of hydrogen-bond donors (Lipinski definition) is 2. The predicted molar refractivity (Wildman–Crippen MR) is 115 cm³/mol. The summed E-state index contributed by atoms with van der Waals surface area (Å²) in [4.78, 5) is 19.3. The highest BCUT2D eigenvalue weighted by Gasteiger charge is 2.45. The van der Waals surface area contributed by atoms with Crippen molar-refractivity contribution in [2.45, 2.75) is 50.3 Å². The van der Waals surface area contributed by atoms with Crippen LogP contribution in [0.2, 0.25) is 0 Å². The van der Waals surface area contributed by atoms with Gasteiger partial charge in [-0.25, -0.2) is 4.98 Å². The van der Waals surface area contributed by atoms with Crippen molar-refractivity contribution in [3.8, 4) is 0 Å². The van der Waals surface area contributed by atoms with E-state index < -0.39 is 6.10 Å². The van der Waals surface area contributed by atoms with Gasteiger partial charge in [-0.15, -0.1) is 11.3 Å². The minimum atomic E-state index is -0.414. The average Bonchev–Trinajstić information content (AvgIpc) is 3.11. The van der Waals surface area contributed by atoms with Crippen LogP contribution in [0.4, 0.5) is 0 Å². The third-order valence-corrected chi connectivity index (χ3v) is 7.25. The average molecular weight is 418 g/mol. The highest BCUT2D eigenvalue weighted by atomic mass is 32.1. The summed E-state index contributed by atoms with van der Waals surface area (Å²) >= 11 is 1.89. The summed E-state index contributed by atoms with van der Waals surface area (Å²) in [6.45, 7) is 2.29. The van der Waals surface area contributed by atoms with Gasteiger partial charge in [-0.3, -0.25) is 14.6 Å². The lowest BCUT2D eigenvalue weighted by Crippen LogP contribution is -2.59. The van der Waals surface area contributed by atoms with Gasteiger partial charge < -0.3 is 10.2 Å². The maximum atomic E-state index is 11.2. The Morgan fingerprint density at radius 1 is 1.28 bits per heavy atom. The number of aliphatic hydroxyl groups is 1. The van der Waals surface area contributed by atoms with Gasteiger partial charge >= 0.3 is 0 Å². The van der Waals surface area contributed by atoms with Gasteiger partial charge in [-0.1, -0.05) is 30.3 Å². The molecule has 1 aliphatic carbocycles. The van der Waals surface area contributed by atoms with Crippen LogP contribution in [0.1, 0.15) is 40.4 Å². The minimum absolute atomic E-state index is 0.250. The molecule has 1 fully saturated rings. The molecule has 0 amide bonds. The predicted octanol–water partition coefficient (Wildman–Crippen LogP) is 2.75. The molecule has 1 saturated heterocycles. The van der Waals surface area contributed by atoms with Gasteiger partial charge in [0.25, 0.3) is 6.47 Å². The summed E-state index contributed by atoms with van der Waals surface area (Å²) in [5.74, 6) is 0. The lowest BCUT2D eigenvalue weighted by atomic mass is 9.77. The van der Waals surface area contributed by atoms with Gasteiger partial charge in [0.1, 0.15) is 5.01 Å². The van der Waals surface area contributed by atoms with E-state index in [1.807, 2.05) is 17.4 Å². The molecule has 2 N–H and O–H groups in total. The number of carboxylic acid groups (broad SMARTS) is 1. The number of aromatic nitrogens is 1. The number of nitrogens with zero attached hydrogens (tertiary/aromatic N) is 3. The summed E-state index contributed by atoms with van der Waals surface area (Å²) in [7, 11) is 4.17. The molecule has 0 radical (unpaired) electrons. The highest BCUT2D eigenvalue weighted by Crippen LogP contribution is 2.38. The Morgan fingerprint density at radius 2 is 1.97 bits per heavy atom. The van der Waals surface area contributed by atoms with Gasteiger partial charge in [0.2, 0.25) is 0 Å². The number of likely N-dealkylation sites (N-methyl/N-ethyl adjacent to an activating group) is 1. The molecule has 1 aromatic carbocycles. The molecule has 0 unspecified atom stereocenters. The van der Waals surface area contributed by atoms with Crippen molar-refractivity contribution >= 4 is 17.8 Å². The number of rotatable bonds is 4. The summed E-state index contributed by atoms with van der Waals surface area (Å²) < 4.78 is 0. The first-order valence-electron chi connectivity index (χ1n) is 10.2. The van der Waals surface area contributed by atoms with Crippen molar-refractivity contribution in [2.75, 3.05) is 27.2 Å². The van der Waals surface area contributed by atoms with Gasteiger partial charge in [-0.05, 0) is 51.8 Å². The third kappa shape index (κ3) is 4.69. The largest absolute Gasteiger partial charge is 0.483 e. The topological polar surface area (TPSA) is 76.9 Å². The first-order chi connectivity index (χ1) is 14.0. The second kappa shape index (κ2) is 9.80. The quantitative estimate of drug-likeness (QED) is 0.745. The Kier molecular flexibility index (Phi) is 7.40. The molecule has 158 valence electrons. The Hall–Kier alpha value is -1.80. The first kappa shape index (κ1) is 21.9. The van der Waals surface area contributed by atoms with Gasteiger partial charge in [0.05, 0.1) is 23.9 Å². The third-order valence-electron chi connectivity index (χ3n) is 6.11. The molecule has 29 heavy (non-hydrogen) atoms. The molecule has 2 aliphatic rings. The maximum absolute atomic E-state index is 11.2. The Morgan fingerprint density at radius 3 is 2.59 bits per heavy atom. The van der Waals surface area contributed by atoms with Crippen LogP contribution in [-0.2, 0) is 29.7 Å². The van der Waals surface area contributed by atoms with Crippen LogP contribution in [-0.4, -0.2) is 64.8 Å². The molecule has 0 spiro atoms. The number of β-amino-alcohol motifs (C(OH)–C–C–N with tert-alkyl or cyclic N) is 1. The zero-order chi connectivity index (χ0) is 20.9. The summed E-state index contributed by atoms with van der Waals surface area (Å²) in [5.41, 5.74) is 2.24. The molecule has 7 heteroatoms. The van der Waals surface area contributed by atoms with E-state index in [4.69, 9.17) is 14.9 Å². The number of benzene rings is 1. The molecule has 2 heterocycles. The smallest absolute Gasteiger partial charge is 0.290 e. The maximum Gasteiger partial charge on any atom is 0.290 e. The van der Waals surface area contributed by atoms with Gasteiger partial charge in [0.15, 0.2) is 0 Å². The molecule has 4 rings (SSSR count). The van der Waals surface area contributed by atoms with Crippen molar-refractivity contribution in [3.63, 3.8) is 0 Å². The van der Waals surface area contributed by atoms with E-state index in [0.717, 1.165) is 25.9 Å². The van der Waals surface area contributed by atoms with E-state index in [2.05, 4.69) is 48.2 Å². The molecule has 2 atom stereocenters. The molecule has 1 aliphatic heterocycles. The number of likely N-dealkylation sites (tertiary alicyclic amines) is 1. The van der Waals surface area contributed by atoms with E-state index in [9.17, 15) is 5.11 Å². The van der Waals surface area contributed by atoms with Crippen LogP contribution < -0.4 is 0 Å². The Balaban J connectivity index is 0.000000755. The van der Waals surface area contributed by atoms with Crippen LogP contribution >= 0.6 is 11.3 Å². The van der Waals surface area contributed by atoms with Crippen molar-refractivity contribution < 1.29 is 15.0 Å². The van der Waals surface area contributed by atoms with Crippen LogP contribution in [0.3, 0.4) is 0 Å². The highest BCUT2D eigenvalue weighted by molar-refractivity contribution is 7.11. The summed E-state index contributed by atoms with van der Waals surface area (Å²) in [5, 5.41) is 19.3. The van der Waals surface area contributed by atoms with Gasteiger partial charge in [-0.2, -0.15) is 0 Å². The number of carbonyl (C=O) groups is 1. The number of fused-ring (bicyclic) bond motifs is 1. The van der Waals surface area contributed by atoms with Crippen LogP contribution in [0.25, 0.3) is 0 Å². The molecule has 0 saturated carbocycles. The fraction of sp³-hybridized carbons (Fsp3) is 0.545. The number of aryl methyl sites for hydroxylation is 2. The first-order valence-corrected chi connectivity index (χ1v) is 11.0. The second-order valence-electron chi connectivity index (χ2n) is 7.98. The molecule has 0 bridgehead atoms. The van der Waals surface area contributed by atoms with Gasteiger partial charge in [0, 0.05) is 18.0 Å². The Bertz CT molecular complexity index is 772. The Labute approximate surface area is 176 Å². The normalized spacial score (nSPS) is 24.5. The van der Waals surface area contributed by atoms with Crippen LogP contribution in [0.15, 0.2) is 30.3 Å². The molecule has 6 nitrogen and oxygen atoms in total. The van der Waals surface area contributed by atoms with E-state index in [1.54, 1.807) is 0 Å². The lowest BCUT2D eigenvalue weighted by molar-refractivity contribution is -0.122. The monoisotopic (exact) mass is 417 g/mol. The zero-order valence-corrected chi connectivity index (χ0v) is 18.1. The number of hydrogen-bond acceptors (Lipinski definition) is 6. The molecular weight excluding hydrogens is 386 g/mol.